The second-order valence-electron chi connectivity index (χ2n) is 7.01. The Morgan fingerprint density at radius 1 is 0.613 bits per heavy atom. The summed E-state index contributed by atoms with van der Waals surface area (Å²) in [5.74, 6) is -0.145. The van der Waals surface area contributed by atoms with Gasteiger partial charge in [-0.05, 0) is 48.5 Å². The summed E-state index contributed by atoms with van der Waals surface area (Å²) in [6.07, 6.45) is 0. The van der Waals surface area contributed by atoms with Crippen molar-refractivity contribution < 1.29 is 4.79 Å². The highest BCUT2D eigenvalue weighted by Crippen LogP contribution is 2.61. The van der Waals surface area contributed by atoms with Crippen LogP contribution >= 0.6 is 19.9 Å². The topological polar surface area (TPSA) is 29.1 Å². The fourth-order valence-corrected chi connectivity index (χ4v) is 8.41. The molecule has 1 N–H and O–H groups in total. The Balaban J connectivity index is 1.96. The number of hydrogen-bond donors (Lipinski definition) is 2. The Hall–Kier alpha value is -3.13. The SMILES string of the molecule is O=C(N/C(=C/S)[P+](c1ccccc1)(c1ccccc1)c1ccccc1)c1ccccc1. The molecule has 0 unspecified atom stereocenters. The van der Waals surface area contributed by atoms with Crippen molar-refractivity contribution in [2.75, 3.05) is 0 Å². The quantitative estimate of drug-likeness (QED) is 0.316. The molecular weight excluding hydrogens is 417 g/mol. The number of hydrogen-bond acceptors (Lipinski definition) is 2. The van der Waals surface area contributed by atoms with Crippen molar-refractivity contribution in [1.29, 1.82) is 0 Å². The molecule has 0 aliphatic carbocycles. The van der Waals surface area contributed by atoms with Crippen molar-refractivity contribution in [3.63, 3.8) is 0 Å². The normalized spacial score (nSPS) is 11.7. The van der Waals surface area contributed by atoms with Crippen molar-refractivity contribution in [3.8, 4) is 0 Å². The van der Waals surface area contributed by atoms with Crippen LogP contribution in [-0.4, -0.2) is 5.91 Å². The summed E-state index contributed by atoms with van der Waals surface area (Å²) in [6, 6.07) is 40.4. The zero-order valence-corrected chi connectivity index (χ0v) is 18.7. The average Bonchev–Trinajstić information content (AvgIpc) is 2.86. The molecule has 0 bridgehead atoms. The van der Waals surface area contributed by atoms with Crippen LogP contribution < -0.4 is 21.2 Å². The largest absolute Gasteiger partial charge is 0.292 e. The molecule has 0 spiro atoms. The van der Waals surface area contributed by atoms with E-state index in [1.807, 2.05) is 84.9 Å². The minimum absolute atomic E-state index is 0.145. The fourth-order valence-electron chi connectivity index (χ4n) is 3.80. The summed E-state index contributed by atoms with van der Waals surface area (Å²) in [5.41, 5.74) is 1.41. The third-order valence-corrected chi connectivity index (χ3v) is 9.84. The molecule has 0 saturated heterocycles. The van der Waals surface area contributed by atoms with Gasteiger partial charge in [-0.25, -0.2) is 0 Å². The van der Waals surface area contributed by atoms with E-state index in [2.05, 4.69) is 54.3 Å². The molecule has 0 heterocycles. The third kappa shape index (κ3) is 4.20. The van der Waals surface area contributed by atoms with Gasteiger partial charge in [0.1, 0.15) is 15.9 Å². The fraction of sp³-hybridized carbons (Fsp3) is 0. The maximum Gasteiger partial charge on any atom is 0.258 e. The first kappa shape index (κ1) is 21.1. The molecule has 4 aromatic rings. The highest BCUT2D eigenvalue weighted by molar-refractivity contribution is 7.99. The molecule has 0 fully saturated rings. The van der Waals surface area contributed by atoms with E-state index in [9.17, 15) is 4.79 Å². The number of nitrogens with one attached hydrogen (secondary N) is 1. The highest BCUT2D eigenvalue weighted by atomic mass is 32.1. The van der Waals surface area contributed by atoms with Crippen LogP contribution in [0.5, 0.6) is 0 Å². The van der Waals surface area contributed by atoms with Gasteiger partial charge in [-0.3, -0.25) is 10.1 Å². The molecule has 0 aliphatic heterocycles. The number of benzene rings is 4. The van der Waals surface area contributed by atoms with E-state index in [-0.39, 0.29) is 5.91 Å². The lowest BCUT2D eigenvalue weighted by atomic mass is 10.2. The molecule has 152 valence electrons. The Bertz CT molecular complexity index is 1070. The van der Waals surface area contributed by atoms with Crippen LogP contribution in [0, 0.1) is 0 Å². The molecule has 1 amide bonds. The predicted molar refractivity (Wildman–Crippen MR) is 136 cm³/mol. The molecule has 0 aromatic heterocycles. The lowest BCUT2D eigenvalue weighted by molar-refractivity contribution is 0.0968. The summed E-state index contributed by atoms with van der Waals surface area (Å²) < 4.78 is 0. The predicted octanol–water partition coefficient (Wildman–Crippen LogP) is 5.14. The number of amides is 1. The average molecular weight is 441 g/mol. The summed E-state index contributed by atoms with van der Waals surface area (Å²) in [6.45, 7) is 0. The van der Waals surface area contributed by atoms with E-state index in [4.69, 9.17) is 0 Å². The first-order valence-electron chi connectivity index (χ1n) is 10.0. The van der Waals surface area contributed by atoms with Crippen LogP contribution in [0.25, 0.3) is 0 Å². The molecule has 4 rings (SSSR count). The van der Waals surface area contributed by atoms with Crippen LogP contribution in [-0.2, 0) is 0 Å². The lowest BCUT2D eigenvalue weighted by Gasteiger charge is -2.29. The maximum atomic E-state index is 13.2. The maximum absolute atomic E-state index is 13.2. The summed E-state index contributed by atoms with van der Waals surface area (Å²) >= 11 is 4.60. The van der Waals surface area contributed by atoms with Crippen molar-refractivity contribution in [2.24, 2.45) is 0 Å². The van der Waals surface area contributed by atoms with E-state index >= 15 is 0 Å². The van der Waals surface area contributed by atoms with Crippen LogP contribution in [0.3, 0.4) is 0 Å². The second kappa shape index (κ2) is 9.78. The van der Waals surface area contributed by atoms with E-state index in [0.29, 0.717) is 5.56 Å². The standard InChI is InChI=1S/C27H22NOPS/c29-27(22-13-5-1-6-14-22)28-26(21-31)30(23-15-7-2-8-16-23,24-17-9-3-10-18-24)25-19-11-4-12-20-25/h1-21H,(H-,28,29,31)/p+1/b26-21-. The van der Waals surface area contributed by atoms with E-state index in [0.717, 1.165) is 21.4 Å². The smallest absolute Gasteiger partial charge is 0.258 e. The van der Waals surface area contributed by atoms with Gasteiger partial charge in [-0.15, -0.1) is 12.6 Å². The van der Waals surface area contributed by atoms with Gasteiger partial charge < -0.3 is 0 Å². The number of carbonyl (C=O) groups is 1. The molecule has 4 heteroatoms. The lowest BCUT2D eigenvalue weighted by Crippen LogP contribution is -2.38. The van der Waals surface area contributed by atoms with Crippen LogP contribution in [0.15, 0.2) is 132 Å². The van der Waals surface area contributed by atoms with Gasteiger partial charge in [0.05, 0.1) is 0 Å². The highest BCUT2D eigenvalue weighted by Gasteiger charge is 2.50. The molecular formula is C27H23NOPS+. The first-order chi connectivity index (χ1) is 15.3. The molecule has 0 radical (unpaired) electrons. The van der Waals surface area contributed by atoms with Gasteiger partial charge >= 0.3 is 0 Å². The molecule has 0 atom stereocenters. The summed E-state index contributed by atoms with van der Waals surface area (Å²) in [7, 11) is -2.38. The van der Waals surface area contributed by atoms with Gasteiger partial charge in [0.2, 0.25) is 0 Å². The van der Waals surface area contributed by atoms with E-state index in [1.165, 1.54) is 0 Å². The number of rotatable bonds is 6. The van der Waals surface area contributed by atoms with Crippen LogP contribution in [0.2, 0.25) is 0 Å². The van der Waals surface area contributed by atoms with Crippen molar-refractivity contribution >= 4 is 41.7 Å². The van der Waals surface area contributed by atoms with Gasteiger partial charge in [-0.2, -0.15) is 0 Å². The van der Waals surface area contributed by atoms with E-state index < -0.39 is 7.26 Å². The number of carbonyl (C=O) groups excluding carboxylic acids is 1. The Morgan fingerprint density at radius 3 is 1.32 bits per heavy atom. The zero-order valence-electron chi connectivity index (χ0n) is 16.9. The van der Waals surface area contributed by atoms with Crippen LogP contribution in [0.1, 0.15) is 10.4 Å². The monoisotopic (exact) mass is 440 g/mol. The van der Waals surface area contributed by atoms with Gasteiger partial charge in [-0.1, -0.05) is 72.8 Å². The number of thiol groups is 1. The van der Waals surface area contributed by atoms with Gasteiger partial charge in [0.25, 0.3) is 5.91 Å². The van der Waals surface area contributed by atoms with Crippen molar-refractivity contribution in [2.45, 2.75) is 0 Å². The Kier molecular flexibility index (Phi) is 6.66. The summed E-state index contributed by atoms with van der Waals surface area (Å²) in [5, 5.41) is 8.43. The Morgan fingerprint density at radius 2 is 0.968 bits per heavy atom. The first-order valence-corrected chi connectivity index (χ1v) is 12.3. The van der Waals surface area contributed by atoms with Gasteiger partial charge in [0, 0.05) is 11.0 Å². The minimum atomic E-state index is -2.38. The molecule has 0 saturated carbocycles. The summed E-state index contributed by atoms with van der Waals surface area (Å²) in [4.78, 5) is 13.2. The van der Waals surface area contributed by atoms with Crippen molar-refractivity contribution in [3.05, 3.63) is 138 Å². The molecule has 31 heavy (non-hydrogen) atoms. The molecule has 4 aromatic carbocycles. The Labute approximate surface area is 189 Å². The van der Waals surface area contributed by atoms with Crippen LogP contribution in [0.4, 0.5) is 0 Å². The minimum Gasteiger partial charge on any atom is -0.292 e. The second-order valence-corrected chi connectivity index (χ2v) is 10.6. The van der Waals surface area contributed by atoms with Crippen molar-refractivity contribution in [1.82, 2.24) is 5.32 Å². The molecule has 0 aliphatic rings. The zero-order chi connectivity index (χ0) is 21.5. The van der Waals surface area contributed by atoms with Gasteiger partial charge in [0.15, 0.2) is 12.7 Å². The van der Waals surface area contributed by atoms with E-state index in [1.54, 1.807) is 5.41 Å². The third-order valence-electron chi connectivity index (χ3n) is 5.19. The molecule has 2 nitrogen and oxygen atoms in total.